The van der Waals surface area contributed by atoms with Gasteiger partial charge in [0.25, 0.3) is 0 Å². The van der Waals surface area contributed by atoms with Gasteiger partial charge in [-0.15, -0.1) is 0 Å². The van der Waals surface area contributed by atoms with Crippen molar-refractivity contribution in [2.24, 2.45) is 0 Å². The lowest BCUT2D eigenvalue weighted by Gasteiger charge is -2.43. The molecular weight excluding hydrogens is 239 g/mol. The van der Waals surface area contributed by atoms with Crippen molar-refractivity contribution in [1.29, 1.82) is 0 Å². The van der Waals surface area contributed by atoms with Gasteiger partial charge in [0.05, 0.1) is 0 Å². The highest BCUT2D eigenvalue weighted by molar-refractivity contribution is 7.51. The molecule has 0 heterocycles. The molecule has 0 aromatic heterocycles. The minimum Gasteiger partial charge on any atom is -0.270 e. The third-order valence-corrected chi connectivity index (χ3v) is 7.60. The van der Waals surface area contributed by atoms with Crippen LogP contribution in [0.15, 0.2) is 0 Å². The Morgan fingerprint density at radius 3 is 1.33 bits per heavy atom. The van der Waals surface area contributed by atoms with Gasteiger partial charge in [0.2, 0.25) is 0 Å². The van der Waals surface area contributed by atoms with Crippen molar-refractivity contribution in [2.75, 3.05) is 20.8 Å². The van der Waals surface area contributed by atoms with E-state index in [2.05, 4.69) is 30.1 Å². The standard InChI is InChI=1S/C15H31N2P/c1-16(14-10-6-4-7-11-14)18(3)17(2)15-12-8-5-9-13-15/h14-15H,4-13H2,1-3H3. The van der Waals surface area contributed by atoms with Crippen LogP contribution in [0.25, 0.3) is 0 Å². The predicted molar refractivity (Wildman–Crippen MR) is 82.1 cm³/mol. The Bertz CT molecular complexity index is 211. The molecule has 2 aliphatic carbocycles. The SMILES string of the molecule is CN(C1CCCCC1)P(C)N(C)C1CCCCC1. The zero-order valence-electron chi connectivity index (χ0n) is 12.6. The minimum absolute atomic E-state index is 0.0820. The Balaban J connectivity index is 1.85. The molecule has 2 fully saturated rings. The van der Waals surface area contributed by atoms with Crippen LogP contribution in [0.5, 0.6) is 0 Å². The van der Waals surface area contributed by atoms with Crippen molar-refractivity contribution >= 4 is 8.22 Å². The second-order valence-electron chi connectivity index (χ2n) is 6.22. The van der Waals surface area contributed by atoms with Crippen molar-refractivity contribution in [3.8, 4) is 0 Å². The lowest BCUT2D eigenvalue weighted by molar-refractivity contribution is 0.255. The van der Waals surface area contributed by atoms with E-state index in [0.29, 0.717) is 0 Å². The second-order valence-corrected chi connectivity index (χ2v) is 8.46. The van der Waals surface area contributed by atoms with Gasteiger partial charge in [-0.25, -0.2) is 0 Å². The highest BCUT2D eigenvalue weighted by atomic mass is 31.1. The molecule has 0 spiro atoms. The maximum Gasteiger partial charge on any atom is 0.0361 e. The van der Waals surface area contributed by atoms with Gasteiger partial charge in [0, 0.05) is 20.3 Å². The molecule has 18 heavy (non-hydrogen) atoms. The molecule has 2 saturated carbocycles. The maximum atomic E-state index is 2.71. The summed E-state index contributed by atoms with van der Waals surface area (Å²) in [6.45, 7) is 2.47. The van der Waals surface area contributed by atoms with Crippen LogP contribution in [0.1, 0.15) is 64.2 Å². The van der Waals surface area contributed by atoms with Gasteiger partial charge in [-0.2, -0.15) is 0 Å². The van der Waals surface area contributed by atoms with Gasteiger partial charge >= 0.3 is 0 Å². The van der Waals surface area contributed by atoms with E-state index < -0.39 is 0 Å². The lowest BCUT2D eigenvalue weighted by atomic mass is 9.96. The van der Waals surface area contributed by atoms with Crippen molar-refractivity contribution in [2.45, 2.75) is 76.3 Å². The second kappa shape index (κ2) is 7.22. The maximum absolute atomic E-state index is 2.71. The molecule has 0 N–H and O–H groups in total. The molecule has 0 bridgehead atoms. The summed E-state index contributed by atoms with van der Waals surface area (Å²) in [7, 11) is 4.67. The zero-order chi connectivity index (χ0) is 13.0. The monoisotopic (exact) mass is 270 g/mol. The highest BCUT2D eigenvalue weighted by Gasteiger charge is 2.28. The fourth-order valence-electron chi connectivity index (χ4n) is 3.60. The molecule has 0 atom stereocenters. The molecular formula is C15H31N2P. The predicted octanol–water partition coefficient (Wildman–Crippen LogP) is 4.46. The van der Waals surface area contributed by atoms with E-state index in [-0.39, 0.29) is 8.22 Å². The average molecular weight is 270 g/mol. The minimum atomic E-state index is -0.0820. The van der Waals surface area contributed by atoms with Crippen LogP contribution in [0.3, 0.4) is 0 Å². The fourth-order valence-corrected chi connectivity index (χ4v) is 5.46. The van der Waals surface area contributed by atoms with Gasteiger partial charge in [0.1, 0.15) is 0 Å². The molecule has 0 saturated heterocycles. The first-order valence-electron chi connectivity index (χ1n) is 7.89. The normalized spacial score (nSPS) is 24.3. The van der Waals surface area contributed by atoms with Crippen LogP contribution < -0.4 is 0 Å². The summed E-state index contributed by atoms with van der Waals surface area (Å²) < 4.78 is 5.42. The number of hydrogen-bond donors (Lipinski definition) is 0. The number of rotatable bonds is 4. The molecule has 0 aromatic rings. The molecule has 0 amide bonds. The molecule has 2 nitrogen and oxygen atoms in total. The summed E-state index contributed by atoms with van der Waals surface area (Å²) in [5.41, 5.74) is 0. The van der Waals surface area contributed by atoms with E-state index in [9.17, 15) is 0 Å². The first-order chi connectivity index (χ1) is 8.70. The van der Waals surface area contributed by atoms with Crippen LogP contribution in [0.4, 0.5) is 0 Å². The Labute approximate surface area is 115 Å². The summed E-state index contributed by atoms with van der Waals surface area (Å²) >= 11 is 0. The third kappa shape index (κ3) is 3.68. The largest absolute Gasteiger partial charge is 0.270 e. The Morgan fingerprint density at radius 2 is 1.00 bits per heavy atom. The molecule has 2 rings (SSSR count). The molecule has 2 aliphatic rings. The van der Waals surface area contributed by atoms with E-state index in [1.165, 1.54) is 64.2 Å². The van der Waals surface area contributed by atoms with Gasteiger partial charge in [-0.05, 0) is 46.4 Å². The van der Waals surface area contributed by atoms with Crippen LogP contribution >= 0.6 is 8.22 Å². The van der Waals surface area contributed by atoms with Crippen molar-refractivity contribution in [3.05, 3.63) is 0 Å². The summed E-state index contributed by atoms with van der Waals surface area (Å²) in [6.07, 6.45) is 14.5. The van der Waals surface area contributed by atoms with Gasteiger partial charge in [0.15, 0.2) is 0 Å². The molecule has 3 heteroatoms. The van der Waals surface area contributed by atoms with E-state index in [4.69, 9.17) is 0 Å². The number of nitrogens with zero attached hydrogens (tertiary/aromatic N) is 2. The molecule has 106 valence electrons. The molecule has 0 aromatic carbocycles. The van der Waals surface area contributed by atoms with Crippen molar-refractivity contribution < 1.29 is 0 Å². The van der Waals surface area contributed by atoms with Crippen LogP contribution in [-0.2, 0) is 0 Å². The van der Waals surface area contributed by atoms with Crippen molar-refractivity contribution in [1.82, 2.24) is 9.34 Å². The van der Waals surface area contributed by atoms with E-state index in [0.717, 1.165) is 12.1 Å². The Morgan fingerprint density at radius 1 is 0.667 bits per heavy atom. The first-order valence-corrected chi connectivity index (χ1v) is 9.59. The number of hydrogen-bond acceptors (Lipinski definition) is 2. The highest BCUT2D eigenvalue weighted by Crippen LogP contribution is 2.45. The Kier molecular flexibility index (Phi) is 5.92. The van der Waals surface area contributed by atoms with Gasteiger partial charge < -0.3 is 0 Å². The molecule has 0 unspecified atom stereocenters. The Hall–Kier alpha value is 0.350. The smallest absolute Gasteiger partial charge is 0.0361 e. The summed E-state index contributed by atoms with van der Waals surface area (Å²) in [6, 6.07) is 1.72. The summed E-state index contributed by atoms with van der Waals surface area (Å²) in [4.78, 5) is 0. The average Bonchev–Trinajstić information content (AvgIpc) is 2.47. The van der Waals surface area contributed by atoms with Gasteiger partial charge in [-0.3, -0.25) is 9.34 Å². The van der Waals surface area contributed by atoms with Crippen LogP contribution in [0, 0.1) is 0 Å². The zero-order valence-corrected chi connectivity index (χ0v) is 13.5. The molecule has 0 radical (unpaired) electrons. The van der Waals surface area contributed by atoms with Crippen LogP contribution in [-0.4, -0.2) is 42.2 Å². The van der Waals surface area contributed by atoms with Gasteiger partial charge in [-0.1, -0.05) is 38.5 Å². The van der Waals surface area contributed by atoms with E-state index in [1.807, 2.05) is 0 Å². The topological polar surface area (TPSA) is 6.48 Å². The van der Waals surface area contributed by atoms with Crippen LogP contribution in [0.2, 0.25) is 0 Å². The lowest BCUT2D eigenvalue weighted by Crippen LogP contribution is -2.37. The van der Waals surface area contributed by atoms with E-state index >= 15 is 0 Å². The first kappa shape index (κ1) is 14.8. The third-order valence-electron chi connectivity index (χ3n) is 5.12. The fraction of sp³-hybridized carbons (Fsp3) is 1.00. The summed E-state index contributed by atoms with van der Waals surface area (Å²) in [5, 5.41) is 0. The van der Waals surface area contributed by atoms with Crippen molar-refractivity contribution in [3.63, 3.8) is 0 Å². The summed E-state index contributed by atoms with van der Waals surface area (Å²) in [5.74, 6) is 0. The van der Waals surface area contributed by atoms with E-state index in [1.54, 1.807) is 0 Å². The quantitative estimate of drug-likeness (QED) is 0.696. The molecule has 0 aliphatic heterocycles.